The average molecular weight is 774 g/mol. The van der Waals surface area contributed by atoms with Gasteiger partial charge in [0, 0.05) is 39.2 Å². The van der Waals surface area contributed by atoms with Crippen LogP contribution in [0, 0.1) is 5.41 Å². The first-order chi connectivity index (χ1) is 29.4. The van der Waals surface area contributed by atoms with E-state index < -0.39 is 0 Å². The van der Waals surface area contributed by atoms with Crippen molar-refractivity contribution in [3.8, 4) is 33.4 Å². The zero-order valence-corrected chi connectivity index (χ0v) is 34.4. The Morgan fingerprint density at radius 2 is 1.20 bits per heavy atom. The fraction of sp³-hybridized carbons (Fsp3) is 0.138. The number of hydrogen-bond donors (Lipinski definition) is 0. The van der Waals surface area contributed by atoms with Crippen molar-refractivity contribution in [3.05, 3.63) is 223 Å². The van der Waals surface area contributed by atoms with E-state index in [0.29, 0.717) is 5.92 Å². The Morgan fingerprint density at radius 1 is 0.533 bits per heavy atom. The van der Waals surface area contributed by atoms with E-state index in [1.54, 1.807) is 0 Å². The van der Waals surface area contributed by atoms with Gasteiger partial charge in [-0.25, -0.2) is 0 Å². The molecule has 290 valence electrons. The minimum atomic E-state index is -0.0185. The molecule has 0 saturated heterocycles. The van der Waals surface area contributed by atoms with Gasteiger partial charge in [-0.2, -0.15) is 0 Å². The van der Waals surface area contributed by atoms with E-state index in [4.69, 9.17) is 4.42 Å². The topological polar surface area (TPSA) is 16.4 Å². The zero-order valence-electron chi connectivity index (χ0n) is 34.4. The molecule has 1 unspecified atom stereocenters. The van der Waals surface area contributed by atoms with Gasteiger partial charge in [-0.05, 0) is 122 Å². The molecule has 2 heteroatoms. The summed E-state index contributed by atoms with van der Waals surface area (Å²) in [6, 6.07) is 59.5. The van der Waals surface area contributed by atoms with Gasteiger partial charge in [0.1, 0.15) is 11.2 Å². The summed E-state index contributed by atoms with van der Waals surface area (Å²) in [5, 5.41) is 2.28. The van der Waals surface area contributed by atoms with Crippen LogP contribution in [-0.2, 0) is 5.41 Å². The van der Waals surface area contributed by atoms with E-state index in [1.807, 2.05) is 12.1 Å². The summed E-state index contributed by atoms with van der Waals surface area (Å²) < 4.78 is 6.30. The lowest BCUT2D eigenvalue weighted by molar-refractivity contribution is 0.243. The van der Waals surface area contributed by atoms with E-state index in [2.05, 4.69) is 214 Å². The number of anilines is 3. The number of allylic oxidation sites excluding steroid dienone is 8. The van der Waals surface area contributed by atoms with Gasteiger partial charge in [0.25, 0.3) is 0 Å². The minimum absolute atomic E-state index is 0.00826. The molecule has 60 heavy (non-hydrogen) atoms. The number of furan rings is 1. The first-order valence-corrected chi connectivity index (χ1v) is 21.4. The molecule has 0 spiro atoms. The first kappa shape index (κ1) is 36.2. The van der Waals surface area contributed by atoms with E-state index in [-0.39, 0.29) is 10.8 Å². The largest absolute Gasteiger partial charge is 0.456 e. The van der Waals surface area contributed by atoms with Gasteiger partial charge in [0.15, 0.2) is 0 Å². The van der Waals surface area contributed by atoms with Crippen molar-refractivity contribution < 1.29 is 4.42 Å². The Hall–Kier alpha value is -6.90. The van der Waals surface area contributed by atoms with Crippen molar-refractivity contribution in [2.45, 2.75) is 44.9 Å². The van der Waals surface area contributed by atoms with Gasteiger partial charge in [-0.1, -0.05) is 172 Å². The zero-order chi connectivity index (χ0) is 40.4. The predicted octanol–water partition coefficient (Wildman–Crippen LogP) is 16.2. The van der Waals surface area contributed by atoms with Crippen LogP contribution in [0.15, 0.2) is 216 Å². The molecule has 0 radical (unpaired) electrons. The summed E-state index contributed by atoms with van der Waals surface area (Å²) in [5.74, 6) is 0.325. The smallest absolute Gasteiger partial charge is 0.136 e. The molecule has 7 aromatic carbocycles. The third-order valence-electron chi connectivity index (χ3n) is 13.8. The minimum Gasteiger partial charge on any atom is -0.456 e. The lowest BCUT2D eigenvalue weighted by Gasteiger charge is -2.42. The molecular formula is C58H47NO. The molecule has 11 rings (SSSR count). The van der Waals surface area contributed by atoms with Crippen molar-refractivity contribution >= 4 is 39.0 Å². The molecular weight excluding hydrogens is 727 g/mol. The van der Waals surface area contributed by atoms with Crippen LogP contribution < -0.4 is 4.90 Å². The SMILES string of the molecule is CC1(C)c2ccc(-c3ccc(N(c4ccc(-c5ccccc5)cc4)c4cccc(-c5cccc6oc7ccccc7c56)c4)cc3)cc2[C@@H]2C=CC(C3=CCCC=C3)=CC21C. The van der Waals surface area contributed by atoms with E-state index in [9.17, 15) is 0 Å². The Balaban J connectivity index is 0.972. The normalized spacial score (nSPS) is 18.9. The maximum atomic E-state index is 6.30. The van der Waals surface area contributed by atoms with Crippen LogP contribution in [-0.4, -0.2) is 0 Å². The third kappa shape index (κ3) is 5.85. The lowest BCUT2D eigenvalue weighted by atomic mass is 9.61. The molecule has 3 aliphatic carbocycles. The molecule has 2 nitrogen and oxygen atoms in total. The molecule has 0 saturated carbocycles. The highest BCUT2D eigenvalue weighted by molar-refractivity contribution is 6.12. The Bertz CT molecular complexity index is 3060. The van der Waals surface area contributed by atoms with Crippen molar-refractivity contribution in [2.24, 2.45) is 5.41 Å². The second-order valence-corrected chi connectivity index (χ2v) is 17.4. The highest BCUT2D eigenvalue weighted by Gasteiger charge is 2.54. The van der Waals surface area contributed by atoms with Crippen molar-refractivity contribution in [3.63, 3.8) is 0 Å². The van der Waals surface area contributed by atoms with Gasteiger partial charge in [-0.15, -0.1) is 0 Å². The summed E-state index contributed by atoms with van der Waals surface area (Å²) in [7, 11) is 0. The number of fused-ring (bicyclic) bond motifs is 6. The quantitative estimate of drug-likeness (QED) is 0.160. The maximum Gasteiger partial charge on any atom is 0.136 e. The molecule has 0 bridgehead atoms. The van der Waals surface area contributed by atoms with E-state index in [1.165, 1.54) is 44.5 Å². The van der Waals surface area contributed by atoms with Gasteiger partial charge >= 0.3 is 0 Å². The molecule has 0 N–H and O–H groups in total. The number of benzene rings is 7. The molecule has 1 aromatic heterocycles. The molecule has 0 fully saturated rings. The van der Waals surface area contributed by atoms with Gasteiger partial charge < -0.3 is 9.32 Å². The molecule has 1 heterocycles. The summed E-state index contributed by atoms with van der Waals surface area (Å²) in [4.78, 5) is 2.38. The average Bonchev–Trinajstić information content (AvgIpc) is 3.76. The fourth-order valence-corrected chi connectivity index (χ4v) is 10.2. The molecule has 0 amide bonds. The summed E-state index contributed by atoms with van der Waals surface area (Å²) in [6.45, 7) is 7.34. The van der Waals surface area contributed by atoms with E-state index >= 15 is 0 Å². The van der Waals surface area contributed by atoms with Gasteiger partial charge in [-0.3, -0.25) is 0 Å². The van der Waals surface area contributed by atoms with Crippen molar-refractivity contribution in [1.82, 2.24) is 0 Å². The van der Waals surface area contributed by atoms with Crippen LogP contribution >= 0.6 is 0 Å². The number of para-hydroxylation sites is 1. The molecule has 0 aliphatic heterocycles. The predicted molar refractivity (Wildman–Crippen MR) is 252 cm³/mol. The van der Waals surface area contributed by atoms with Crippen LogP contribution in [0.1, 0.15) is 50.7 Å². The van der Waals surface area contributed by atoms with Crippen LogP contribution in [0.3, 0.4) is 0 Å². The highest BCUT2D eigenvalue weighted by atomic mass is 16.3. The molecule has 8 aromatic rings. The standard InChI is InChI=1S/C58H47NO/c1-57(2)52-34-28-43(37-51(52)53-35-29-45(38-58(53,57)3)40-16-8-5-9-17-40)42-26-32-47(33-27-42)59(46-30-24-41(25-31-46)39-14-6-4-7-15-39)48-19-12-18-44(36-48)49-21-13-23-55-56(49)50-20-10-11-22-54(50)60-55/h4,6-8,10-38,53H,5,9H2,1-3H3/t53-,58?/m0/s1. The molecule has 2 atom stereocenters. The van der Waals surface area contributed by atoms with Crippen LogP contribution in [0.25, 0.3) is 55.3 Å². The summed E-state index contributed by atoms with van der Waals surface area (Å²) in [6.07, 6.45) is 16.7. The molecule has 3 aliphatic rings. The second kappa shape index (κ2) is 14.1. The summed E-state index contributed by atoms with van der Waals surface area (Å²) in [5.41, 5.74) is 17.9. The maximum absolute atomic E-state index is 6.30. The fourth-order valence-electron chi connectivity index (χ4n) is 10.2. The lowest BCUT2D eigenvalue weighted by Crippen LogP contribution is -2.36. The van der Waals surface area contributed by atoms with Crippen molar-refractivity contribution in [1.29, 1.82) is 0 Å². The highest BCUT2D eigenvalue weighted by Crippen LogP contribution is 2.62. The van der Waals surface area contributed by atoms with Crippen LogP contribution in [0.4, 0.5) is 17.1 Å². The van der Waals surface area contributed by atoms with E-state index in [0.717, 1.165) is 63.0 Å². The van der Waals surface area contributed by atoms with Crippen LogP contribution in [0.5, 0.6) is 0 Å². The first-order valence-electron chi connectivity index (χ1n) is 21.4. The number of rotatable bonds is 7. The second-order valence-electron chi connectivity index (χ2n) is 17.4. The Labute approximate surface area is 353 Å². The summed E-state index contributed by atoms with van der Waals surface area (Å²) >= 11 is 0. The number of nitrogens with zero attached hydrogens (tertiary/aromatic N) is 1. The van der Waals surface area contributed by atoms with Crippen molar-refractivity contribution in [2.75, 3.05) is 4.90 Å². The van der Waals surface area contributed by atoms with Gasteiger partial charge in [0.2, 0.25) is 0 Å². The van der Waals surface area contributed by atoms with Crippen LogP contribution in [0.2, 0.25) is 0 Å². The Morgan fingerprint density at radius 3 is 1.97 bits per heavy atom. The monoisotopic (exact) mass is 773 g/mol. The van der Waals surface area contributed by atoms with Gasteiger partial charge in [0.05, 0.1) is 0 Å². The third-order valence-corrected chi connectivity index (χ3v) is 13.8. The number of hydrogen-bond acceptors (Lipinski definition) is 2. The Kier molecular flexibility index (Phi) is 8.53.